The summed E-state index contributed by atoms with van der Waals surface area (Å²) in [4.78, 5) is 12.5. The van der Waals surface area contributed by atoms with Crippen LogP contribution in [0.5, 0.6) is 5.75 Å². The summed E-state index contributed by atoms with van der Waals surface area (Å²) in [6.07, 6.45) is 4.50. The number of benzene rings is 1. The summed E-state index contributed by atoms with van der Waals surface area (Å²) in [5.41, 5.74) is 0.835. The largest absolute Gasteiger partial charge is 0.494 e. The molecule has 0 unspecified atom stereocenters. The molecule has 2 rings (SSSR count). The first kappa shape index (κ1) is 15.1. The van der Waals surface area contributed by atoms with Gasteiger partial charge in [0.05, 0.1) is 6.61 Å². The van der Waals surface area contributed by atoms with Gasteiger partial charge in [-0.1, -0.05) is 13.8 Å². The maximum atomic E-state index is 12.5. The van der Waals surface area contributed by atoms with E-state index in [9.17, 15) is 4.79 Å². The summed E-state index contributed by atoms with van der Waals surface area (Å²) in [6.45, 7) is 7.21. The van der Waals surface area contributed by atoms with Gasteiger partial charge in [-0.05, 0) is 68.7 Å². The molecule has 0 amide bonds. The van der Waals surface area contributed by atoms with Crippen molar-refractivity contribution in [3.63, 3.8) is 0 Å². The summed E-state index contributed by atoms with van der Waals surface area (Å²) in [5, 5.41) is 0. The summed E-state index contributed by atoms with van der Waals surface area (Å²) >= 11 is 0. The zero-order chi connectivity index (χ0) is 14.5. The molecule has 0 saturated heterocycles. The number of Topliss-reactive ketones (excluding diaryl/α,β-unsaturated/α-hetero) is 1. The first-order valence-corrected chi connectivity index (χ1v) is 7.89. The molecule has 1 aliphatic rings. The Morgan fingerprint density at radius 1 is 1.15 bits per heavy atom. The number of hydrogen-bond acceptors (Lipinski definition) is 2. The van der Waals surface area contributed by atoms with Crippen LogP contribution in [-0.2, 0) is 0 Å². The Morgan fingerprint density at radius 2 is 1.75 bits per heavy atom. The Kier molecular flexibility index (Phi) is 5.22. The van der Waals surface area contributed by atoms with Gasteiger partial charge in [0.1, 0.15) is 5.75 Å². The first-order chi connectivity index (χ1) is 9.61. The molecule has 110 valence electrons. The van der Waals surface area contributed by atoms with Crippen LogP contribution >= 0.6 is 0 Å². The quantitative estimate of drug-likeness (QED) is 0.725. The lowest BCUT2D eigenvalue weighted by Gasteiger charge is -2.30. The Morgan fingerprint density at radius 3 is 2.25 bits per heavy atom. The monoisotopic (exact) mass is 274 g/mol. The molecular formula is C18H26O2. The van der Waals surface area contributed by atoms with Crippen LogP contribution in [0.2, 0.25) is 0 Å². The van der Waals surface area contributed by atoms with Gasteiger partial charge in [0.15, 0.2) is 5.78 Å². The number of carbonyl (C=O) groups excluding carboxylic acids is 1. The number of ketones is 1. The van der Waals surface area contributed by atoms with Crippen LogP contribution < -0.4 is 4.74 Å². The predicted octanol–water partition coefficient (Wildman–Crippen LogP) is 4.73. The normalized spacial score (nSPS) is 22.8. The van der Waals surface area contributed by atoms with E-state index >= 15 is 0 Å². The number of hydrogen-bond donors (Lipinski definition) is 0. The zero-order valence-electron chi connectivity index (χ0n) is 12.9. The van der Waals surface area contributed by atoms with Crippen molar-refractivity contribution < 1.29 is 9.53 Å². The average Bonchev–Trinajstić information content (AvgIpc) is 2.48. The van der Waals surface area contributed by atoms with Crippen LogP contribution in [0.15, 0.2) is 24.3 Å². The van der Waals surface area contributed by atoms with E-state index in [4.69, 9.17) is 4.74 Å². The topological polar surface area (TPSA) is 26.3 Å². The average molecular weight is 274 g/mol. The van der Waals surface area contributed by atoms with Crippen LogP contribution in [0, 0.1) is 17.8 Å². The Balaban J connectivity index is 1.94. The van der Waals surface area contributed by atoms with Gasteiger partial charge in [-0.3, -0.25) is 4.79 Å². The van der Waals surface area contributed by atoms with Gasteiger partial charge in [-0.25, -0.2) is 0 Å². The molecule has 0 aliphatic heterocycles. The van der Waals surface area contributed by atoms with Crippen molar-refractivity contribution in [2.45, 2.75) is 46.5 Å². The lowest BCUT2D eigenvalue weighted by atomic mass is 9.75. The molecule has 1 saturated carbocycles. The molecule has 2 heteroatoms. The van der Waals surface area contributed by atoms with E-state index in [1.807, 2.05) is 31.2 Å². The first-order valence-electron chi connectivity index (χ1n) is 7.89. The summed E-state index contributed by atoms with van der Waals surface area (Å²) in [7, 11) is 0. The van der Waals surface area contributed by atoms with E-state index in [1.54, 1.807) is 0 Å². The maximum Gasteiger partial charge on any atom is 0.165 e. The third-order valence-corrected chi connectivity index (χ3v) is 4.54. The Hall–Kier alpha value is -1.31. The Bertz CT molecular complexity index is 425. The predicted molar refractivity (Wildman–Crippen MR) is 82.2 cm³/mol. The van der Waals surface area contributed by atoms with E-state index in [0.29, 0.717) is 12.4 Å². The molecule has 0 atom stereocenters. The fourth-order valence-electron chi connectivity index (χ4n) is 3.17. The van der Waals surface area contributed by atoms with Crippen molar-refractivity contribution in [3.8, 4) is 5.75 Å². The van der Waals surface area contributed by atoms with Crippen LogP contribution in [-0.4, -0.2) is 12.4 Å². The molecule has 0 aromatic heterocycles. The minimum Gasteiger partial charge on any atom is -0.494 e. The van der Waals surface area contributed by atoms with E-state index in [1.165, 1.54) is 12.8 Å². The van der Waals surface area contributed by atoms with Gasteiger partial charge < -0.3 is 4.74 Å². The number of rotatable bonds is 5. The molecule has 0 heterocycles. The number of ether oxygens (including phenoxy) is 1. The van der Waals surface area contributed by atoms with Gasteiger partial charge in [0, 0.05) is 11.5 Å². The molecule has 20 heavy (non-hydrogen) atoms. The fourth-order valence-corrected chi connectivity index (χ4v) is 3.17. The van der Waals surface area contributed by atoms with Crippen molar-refractivity contribution in [3.05, 3.63) is 29.8 Å². The van der Waals surface area contributed by atoms with Crippen molar-refractivity contribution >= 4 is 5.78 Å². The summed E-state index contributed by atoms with van der Waals surface area (Å²) in [5.74, 6) is 2.93. The van der Waals surface area contributed by atoms with Crippen LogP contribution in [0.4, 0.5) is 0 Å². The van der Waals surface area contributed by atoms with Crippen LogP contribution in [0.25, 0.3) is 0 Å². The molecule has 0 radical (unpaired) electrons. The molecule has 1 aromatic rings. The number of carbonyl (C=O) groups is 1. The smallest absolute Gasteiger partial charge is 0.165 e. The molecule has 1 fully saturated rings. The molecule has 0 N–H and O–H groups in total. The zero-order valence-corrected chi connectivity index (χ0v) is 12.9. The lowest BCUT2D eigenvalue weighted by Crippen LogP contribution is -2.24. The van der Waals surface area contributed by atoms with Crippen LogP contribution in [0.3, 0.4) is 0 Å². The van der Waals surface area contributed by atoms with E-state index < -0.39 is 0 Å². The van der Waals surface area contributed by atoms with Gasteiger partial charge >= 0.3 is 0 Å². The van der Waals surface area contributed by atoms with Gasteiger partial charge in [-0.2, -0.15) is 0 Å². The molecular weight excluding hydrogens is 248 g/mol. The summed E-state index contributed by atoms with van der Waals surface area (Å²) < 4.78 is 5.42. The standard InChI is InChI=1S/C18H26O2/c1-4-20-17-11-9-16(10-12-17)18(19)15-7-5-14(6-8-15)13(2)3/h9-15H,4-8H2,1-3H3. The minimum absolute atomic E-state index is 0.225. The van der Waals surface area contributed by atoms with E-state index in [2.05, 4.69) is 13.8 Å². The van der Waals surface area contributed by atoms with Gasteiger partial charge in [-0.15, -0.1) is 0 Å². The molecule has 0 spiro atoms. The second-order valence-corrected chi connectivity index (χ2v) is 6.18. The van der Waals surface area contributed by atoms with E-state index in [0.717, 1.165) is 36.0 Å². The van der Waals surface area contributed by atoms with Crippen molar-refractivity contribution in [1.82, 2.24) is 0 Å². The second kappa shape index (κ2) is 6.92. The van der Waals surface area contributed by atoms with Gasteiger partial charge in [0.25, 0.3) is 0 Å². The molecule has 1 aliphatic carbocycles. The van der Waals surface area contributed by atoms with Crippen molar-refractivity contribution in [1.29, 1.82) is 0 Å². The summed E-state index contributed by atoms with van der Waals surface area (Å²) in [6, 6.07) is 7.61. The van der Waals surface area contributed by atoms with Crippen molar-refractivity contribution in [2.24, 2.45) is 17.8 Å². The maximum absolute atomic E-state index is 12.5. The van der Waals surface area contributed by atoms with E-state index in [-0.39, 0.29) is 5.92 Å². The third-order valence-electron chi connectivity index (χ3n) is 4.54. The second-order valence-electron chi connectivity index (χ2n) is 6.18. The molecule has 0 bridgehead atoms. The fraction of sp³-hybridized carbons (Fsp3) is 0.611. The minimum atomic E-state index is 0.225. The Labute approximate surface area is 122 Å². The SMILES string of the molecule is CCOc1ccc(C(=O)C2CCC(C(C)C)CC2)cc1. The van der Waals surface area contributed by atoms with Gasteiger partial charge in [0.2, 0.25) is 0 Å². The third kappa shape index (κ3) is 3.62. The highest BCUT2D eigenvalue weighted by molar-refractivity contribution is 5.98. The highest BCUT2D eigenvalue weighted by Crippen LogP contribution is 2.34. The highest BCUT2D eigenvalue weighted by Gasteiger charge is 2.28. The van der Waals surface area contributed by atoms with Crippen molar-refractivity contribution in [2.75, 3.05) is 6.61 Å². The van der Waals surface area contributed by atoms with Crippen LogP contribution in [0.1, 0.15) is 56.8 Å². The highest BCUT2D eigenvalue weighted by atomic mass is 16.5. The molecule has 1 aromatic carbocycles. The lowest BCUT2D eigenvalue weighted by molar-refractivity contribution is 0.0859. The molecule has 2 nitrogen and oxygen atoms in total.